The second-order valence-electron chi connectivity index (χ2n) is 6.16. The Morgan fingerprint density at radius 3 is 2.64 bits per heavy atom. The van der Waals surface area contributed by atoms with Crippen molar-refractivity contribution in [3.05, 3.63) is 48.3 Å². The average molecular weight is 407 g/mol. The van der Waals surface area contributed by atoms with Gasteiger partial charge in [-0.15, -0.1) is 0 Å². The molecule has 1 atom stereocenters. The van der Waals surface area contributed by atoms with E-state index in [0.717, 1.165) is 0 Å². The Morgan fingerprint density at radius 1 is 1.21 bits per heavy atom. The van der Waals surface area contributed by atoms with Gasteiger partial charge in [-0.05, 0) is 37.3 Å². The number of amides is 1. The highest BCUT2D eigenvalue weighted by Crippen LogP contribution is 2.21. The Balaban J connectivity index is 1.66. The number of aromatic amines is 1. The second kappa shape index (κ2) is 8.55. The van der Waals surface area contributed by atoms with Crippen molar-refractivity contribution in [2.75, 3.05) is 31.6 Å². The minimum absolute atomic E-state index is 0.0724. The summed E-state index contributed by atoms with van der Waals surface area (Å²) in [7, 11) is -3.68. The summed E-state index contributed by atoms with van der Waals surface area (Å²) in [6.07, 6.45) is 0.511. The maximum atomic E-state index is 12.7. The van der Waals surface area contributed by atoms with Crippen molar-refractivity contribution >= 4 is 27.6 Å². The molecule has 0 saturated carbocycles. The third kappa shape index (κ3) is 4.58. The molecule has 1 saturated heterocycles. The van der Waals surface area contributed by atoms with Gasteiger partial charge >= 0.3 is 5.97 Å². The number of carbonyl (C=O) groups excluding carboxylic acids is 2. The molecule has 2 N–H and O–H groups in total. The van der Waals surface area contributed by atoms with Gasteiger partial charge in [0.1, 0.15) is 5.69 Å². The molecule has 0 bridgehead atoms. The highest BCUT2D eigenvalue weighted by molar-refractivity contribution is 7.89. The van der Waals surface area contributed by atoms with Crippen LogP contribution in [0.1, 0.15) is 17.4 Å². The first-order chi connectivity index (χ1) is 13.4. The summed E-state index contributed by atoms with van der Waals surface area (Å²) < 4.78 is 37.1. The lowest BCUT2D eigenvalue weighted by Gasteiger charge is -2.26. The minimum Gasteiger partial charge on any atom is -0.448 e. The Bertz CT molecular complexity index is 936. The molecule has 0 radical (unpaired) electrons. The van der Waals surface area contributed by atoms with Crippen LogP contribution in [-0.4, -0.2) is 62.0 Å². The van der Waals surface area contributed by atoms with Crippen molar-refractivity contribution in [3.8, 4) is 0 Å². The van der Waals surface area contributed by atoms with Crippen molar-refractivity contribution in [3.63, 3.8) is 0 Å². The number of benzene rings is 1. The molecule has 1 aromatic heterocycles. The van der Waals surface area contributed by atoms with E-state index in [1.807, 2.05) is 0 Å². The number of sulfonamides is 1. The number of esters is 1. The molecule has 1 aromatic carbocycles. The number of nitrogens with zero attached hydrogens (tertiary/aromatic N) is 1. The standard InChI is InChI=1S/C18H21N3O6S/c1-13(27-18(23)16-6-3-7-19-16)17(22)20-14-4-2-5-15(12-14)28(24,25)21-8-10-26-11-9-21/h2-7,12-13,19H,8-11H2,1H3,(H,20,22)/t13-/m0/s1. The van der Waals surface area contributed by atoms with Crippen LogP contribution in [0.15, 0.2) is 47.5 Å². The van der Waals surface area contributed by atoms with Gasteiger partial charge in [-0.1, -0.05) is 6.07 Å². The van der Waals surface area contributed by atoms with Crippen LogP contribution in [0.25, 0.3) is 0 Å². The molecule has 0 aliphatic carbocycles. The van der Waals surface area contributed by atoms with Crippen LogP contribution in [0.3, 0.4) is 0 Å². The molecule has 10 heteroatoms. The number of morpholine rings is 1. The summed E-state index contributed by atoms with van der Waals surface area (Å²) in [5.41, 5.74) is 0.528. The zero-order valence-corrected chi connectivity index (χ0v) is 16.1. The van der Waals surface area contributed by atoms with Gasteiger partial charge in [0.25, 0.3) is 5.91 Å². The Kier molecular flexibility index (Phi) is 6.12. The maximum Gasteiger partial charge on any atom is 0.355 e. The summed E-state index contributed by atoms with van der Waals surface area (Å²) in [6.45, 7) is 2.69. The molecule has 9 nitrogen and oxygen atoms in total. The van der Waals surface area contributed by atoms with Gasteiger partial charge < -0.3 is 19.8 Å². The predicted octanol–water partition coefficient (Wildman–Crippen LogP) is 1.22. The first kappa shape index (κ1) is 20.1. The molecule has 2 aromatic rings. The van der Waals surface area contributed by atoms with Crippen molar-refractivity contribution < 1.29 is 27.5 Å². The van der Waals surface area contributed by atoms with E-state index in [1.165, 1.54) is 29.4 Å². The topological polar surface area (TPSA) is 118 Å². The number of ether oxygens (including phenoxy) is 2. The number of rotatable bonds is 6. The zero-order chi connectivity index (χ0) is 20.1. The molecule has 0 spiro atoms. The molecule has 0 unspecified atom stereocenters. The number of carbonyl (C=O) groups is 2. The monoisotopic (exact) mass is 407 g/mol. The van der Waals surface area contributed by atoms with E-state index >= 15 is 0 Å². The lowest BCUT2D eigenvalue weighted by Crippen LogP contribution is -2.40. The Labute approximate surface area is 162 Å². The lowest BCUT2D eigenvalue weighted by molar-refractivity contribution is -0.123. The van der Waals surface area contributed by atoms with E-state index in [-0.39, 0.29) is 23.7 Å². The normalized spacial score (nSPS) is 16.3. The predicted molar refractivity (Wildman–Crippen MR) is 100 cm³/mol. The second-order valence-corrected chi connectivity index (χ2v) is 8.10. The largest absolute Gasteiger partial charge is 0.448 e. The average Bonchev–Trinajstić information content (AvgIpc) is 3.24. The van der Waals surface area contributed by atoms with E-state index in [1.54, 1.807) is 24.4 Å². The summed E-state index contributed by atoms with van der Waals surface area (Å²) in [5.74, 6) is -1.22. The third-order valence-electron chi connectivity index (χ3n) is 4.18. The lowest BCUT2D eigenvalue weighted by atomic mass is 10.3. The van der Waals surface area contributed by atoms with Gasteiger partial charge in [-0.3, -0.25) is 4.79 Å². The van der Waals surface area contributed by atoms with Gasteiger partial charge in [0.15, 0.2) is 6.10 Å². The van der Waals surface area contributed by atoms with E-state index < -0.39 is 28.0 Å². The van der Waals surface area contributed by atoms with Crippen molar-refractivity contribution in [1.82, 2.24) is 9.29 Å². The fourth-order valence-corrected chi connectivity index (χ4v) is 4.10. The number of nitrogens with one attached hydrogen (secondary N) is 2. The van der Waals surface area contributed by atoms with Gasteiger partial charge in [0.2, 0.25) is 10.0 Å². The molecule has 3 rings (SSSR count). The zero-order valence-electron chi connectivity index (χ0n) is 15.3. The van der Waals surface area contributed by atoms with Gasteiger partial charge in [0, 0.05) is 25.0 Å². The number of hydrogen-bond acceptors (Lipinski definition) is 6. The Hall–Kier alpha value is -2.69. The number of hydrogen-bond donors (Lipinski definition) is 2. The number of anilines is 1. The van der Waals surface area contributed by atoms with Crippen LogP contribution in [-0.2, 0) is 24.3 Å². The van der Waals surface area contributed by atoms with Gasteiger partial charge in [-0.25, -0.2) is 13.2 Å². The van der Waals surface area contributed by atoms with Crippen molar-refractivity contribution in [2.24, 2.45) is 0 Å². The van der Waals surface area contributed by atoms with Crippen molar-refractivity contribution in [1.29, 1.82) is 0 Å². The fraction of sp³-hybridized carbons (Fsp3) is 0.333. The van der Waals surface area contributed by atoms with E-state index in [4.69, 9.17) is 9.47 Å². The van der Waals surface area contributed by atoms with Crippen LogP contribution < -0.4 is 5.32 Å². The summed E-state index contributed by atoms with van der Waals surface area (Å²) in [6, 6.07) is 9.13. The summed E-state index contributed by atoms with van der Waals surface area (Å²) in [4.78, 5) is 27.0. The highest BCUT2D eigenvalue weighted by Gasteiger charge is 2.27. The van der Waals surface area contributed by atoms with Crippen molar-refractivity contribution in [2.45, 2.75) is 17.9 Å². The van der Waals surface area contributed by atoms with E-state index in [0.29, 0.717) is 18.9 Å². The SMILES string of the molecule is C[C@H](OC(=O)c1ccc[nH]1)C(=O)Nc1cccc(S(=O)(=O)N2CCOCC2)c1. The molecule has 1 fully saturated rings. The molecular formula is C18H21N3O6S. The Morgan fingerprint density at radius 2 is 1.96 bits per heavy atom. The maximum absolute atomic E-state index is 12.7. The first-order valence-corrected chi connectivity index (χ1v) is 10.1. The molecule has 1 amide bonds. The molecule has 28 heavy (non-hydrogen) atoms. The van der Waals surface area contributed by atoms with E-state index in [2.05, 4.69) is 10.3 Å². The van der Waals surface area contributed by atoms with E-state index in [9.17, 15) is 18.0 Å². The first-order valence-electron chi connectivity index (χ1n) is 8.71. The van der Waals surface area contributed by atoms with Crippen LogP contribution >= 0.6 is 0 Å². The quantitative estimate of drug-likeness (QED) is 0.695. The van der Waals surface area contributed by atoms with Gasteiger partial charge in [0.05, 0.1) is 18.1 Å². The highest BCUT2D eigenvalue weighted by atomic mass is 32.2. The van der Waals surface area contributed by atoms with Crippen LogP contribution in [0.2, 0.25) is 0 Å². The summed E-state index contributed by atoms with van der Waals surface area (Å²) in [5, 5.41) is 2.57. The summed E-state index contributed by atoms with van der Waals surface area (Å²) >= 11 is 0. The van der Waals surface area contributed by atoms with Crippen LogP contribution in [0.5, 0.6) is 0 Å². The third-order valence-corrected chi connectivity index (χ3v) is 6.07. The molecule has 1 aliphatic heterocycles. The van der Waals surface area contributed by atoms with Crippen LogP contribution in [0.4, 0.5) is 5.69 Å². The number of aromatic nitrogens is 1. The molecule has 1 aliphatic rings. The molecule has 150 valence electrons. The van der Waals surface area contributed by atoms with Crippen LogP contribution in [0, 0.1) is 0 Å². The minimum atomic E-state index is -3.68. The molecule has 2 heterocycles. The van der Waals surface area contributed by atoms with Gasteiger partial charge in [-0.2, -0.15) is 4.31 Å². The molecular weight excluding hydrogens is 386 g/mol. The smallest absolute Gasteiger partial charge is 0.355 e. The fourth-order valence-electron chi connectivity index (χ4n) is 2.65. The number of H-pyrrole nitrogens is 1.